The zero-order valence-electron chi connectivity index (χ0n) is 13.6. The fourth-order valence-corrected chi connectivity index (χ4v) is 2.67. The van der Waals surface area contributed by atoms with E-state index in [2.05, 4.69) is 10.2 Å². The Morgan fingerprint density at radius 2 is 1.88 bits per heavy atom. The second-order valence-electron chi connectivity index (χ2n) is 6.29. The molecule has 24 heavy (non-hydrogen) atoms. The van der Waals surface area contributed by atoms with Crippen molar-refractivity contribution in [3.63, 3.8) is 0 Å². The number of nitrogens with zero attached hydrogens (tertiary/aromatic N) is 1. The van der Waals surface area contributed by atoms with Crippen molar-refractivity contribution in [2.75, 3.05) is 11.9 Å². The third-order valence-corrected chi connectivity index (χ3v) is 4.11. The first-order valence-corrected chi connectivity index (χ1v) is 8.06. The van der Waals surface area contributed by atoms with Gasteiger partial charge >= 0.3 is 0 Å². The van der Waals surface area contributed by atoms with Crippen LogP contribution < -0.4 is 5.32 Å². The van der Waals surface area contributed by atoms with E-state index in [1.165, 1.54) is 18.2 Å². The average molecular weight is 330 g/mol. The van der Waals surface area contributed by atoms with E-state index >= 15 is 0 Å². The van der Waals surface area contributed by atoms with Gasteiger partial charge < -0.3 is 5.32 Å². The fraction of sp³-hybridized carbons (Fsp3) is 0.316. The second kappa shape index (κ2) is 7.09. The highest BCUT2D eigenvalue weighted by molar-refractivity contribution is 5.92. The van der Waals surface area contributed by atoms with E-state index in [1.807, 2.05) is 0 Å². The summed E-state index contributed by atoms with van der Waals surface area (Å²) in [6.07, 6.45) is 2.10. The molecule has 0 unspecified atom stereocenters. The molecule has 5 heteroatoms. The number of aryl methyl sites for hydroxylation is 1. The van der Waals surface area contributed by atoms with Gasteiger partial charge in [0, 0.05) is 12.6 Å². The summed E-state index contributed by atoms with van der Waals surface area (Å²) in [6.45, 7) is 2.57. The van der Waals surface area contributed by atoms with Crippen LogP contribution in [0.5, 0.6) is 0 Å². The normalized spacial score (nSPS) is 14.0. The lowest BCUT2D eigenvalue weighted by Crippen LogP contribution is -2.34. The Morgan fingerprint density at radius 1 is 1.17 bits per heavy atom. The highest BCUT2D eigenvalue weighted by Crippen LogP contribution is 2.28. The van der Waals surface area contributed by atoms with Crippen LogP contribution in [0.3, 0.4) is 0 Å². The van der Waals surface area contributed by atoms with E-state index in [0.717, 1.165) is 24.0 Å². The molecule has 0 aliphatic heterocycles. The van der Waals surface area contributed by atoms with E-state index in [1.54, 1.807) is 31.2 Å². The van der Waals surface area contributed by atoms with Crippen molar-refractivity contribution in [2.45, 2.75) is 32.4 Å². The first kappa shape index (κ1) is 16.6. The Kier molecular flexibility index (Phi) is 4.90. The smallest absolute Gasteiger partial charge is 0.238 e. The van der Waals surface area contributed by atoms with E-state index in [9.17, 15) is 13.6 Å². The predicted octanol–water partition coefficient (Wildman–Crippen LogP) is 3.88. The fourth-order valence-electron chi connectivity index (χ4n) is 2.67. The molecule has 0 spiro atoms. The quantitative estimate of drug-likeness (QED) is 0.872. The molecule has 0 aromatic heterocycles. The number of nitrogens with one attached hydrogen (secondary N) is 1. The van der Waals surface area contributed by atoms with Crippen LogP contribution in [0.25, 0.3) is 0 Å². The van der Waals surface area contributed by atoms with E-state index < -0.39 is 5.82 Å². The molecule has 126 valence electrons. The summed E-state index contributed by atoms with van der Waals surface area (Å²) in [4.78, 5) is 14.3. The third kappa shape index (κ3) is 4.38. The minimum absolute atomic E-state index is 0.190. The van der Waals surface area contributed by atoms with Crippen molar-refractivity contribution in [3.8, 4) is 0 Å². The minimum atomic E-state index is -0.431. The van der Waals surface area contributed by atoms with Crippen molar-refractivity contribution < 1.29 is 13.6 Å². The van der Waals surface area contributed by atoms with Crippen LogP contribution in [-0.2, 0) is 11.3 Å². The lowest BCUT2D eigenvalue weighted by molar-refractivity contribution is -0.117. The van der Waals surface area contributed by atoms with Gasteiger partial charge in [-0.2, -0.15) is 0 Å². The summed E-state index contributed by atoms with van der Waals surface area (Å²) in [6, 6.07) is 11.4. The van der Waals surface area contributed by atoms with Gasteiger partial charge in [0.15, 0.2) is 0 Å². The summed E-state index contributed by atoms with van der Waals surface area (Å²) in [5.41, 5.74) is 1.96. The van der Waals surface area contributed by atoms with Crippen LogP contribution in [0.2, 0.25) is 0 Å². The number of halogens is 2. The molecule has 0 bridgehead atoms. The number of amides is 1. The largest absolute Gasteiger partial charge is 0.322 e. The van der Waals surface area contributed by atoms with Gasteiger partial charge in [-0.05, 0) is 55.2 Å². The number of carbonyl (C=O) groups excluding carboxylic acids is 1. The van der Waals surface area contributed by atoms with Crippen molar-refractivity contribution in [1.29, 1.82) is 0 Å². The van der Waals surface area contributed by atoms with Crippen molar-refractivity contribution in [3.05, 3.63) is 65.2 Å². The van der Waals surface area contributed by atoms with Gasteiger partial charge in [0.2, 0.25) is 5.91 Å². The van der Waals surface area contributed by atoms with Crippen LogP contribution in [0.4, 0.5) is 14.5 Å². The Morgan fingerprint density at radius 3 is 2.50 bits per heavy atom. The summed E-state index contributed by atoms with van der Waals surface area (Å²) < 4.78 is 26.8. The molecule has 0 saturated heterocycles. The van der Waals surface area contributed by atoms with E-state index in [4.69, 9.17) is 0 Å². The van der Waals surface area contributed by atoms with Gasteiger partial charge in [0.25, 0.3) is 0 Å². The molecule has 1 aliphatic rings. The van der Waals surface area contributed by atoms with E-state index in [-0.39, 0.29) is 24.0 Å². The molecule has 2 aromatic rings. The zero-order valence-corrected chi connectivity index (χ0v) is 13.6. The van der Waals surface area contributed by atoms with Crippen LogP contribution in [0.1, 0.15) is 24.0 Å². The molecular formula is C19H20F2N2O. The molecule has 1 fully saturated rings. The van der Waals surface area contributed by atoms with Gasteiger partial charge in [0.1, 0.15) is 11.6 Å². The predicted molar refractivity (Wildman–Crippen MR) is 89.6 cm³/mol. The Bertz CT molecular complexity index is 727. The standard InChI is InChI=1S/C19H20F2N2O/c1-13-2-9-18(17(21)10-13)22-19(24)12-23(16-7-8-16)11-14-3-5-15(20)6-4-14/h2-6,9-10,16H,7-8,11-12H2,1H3,(H,22,24). The molecule has 1 N–H and O–H groups in total. The number of anilines is 1. The van der Waals surface area contributed by atoms with Crippen LogP contribution in [0.15, 0.2) is 42.5 Å². The van der Waals surface area contributed by atoms with Gasteiger partial charge in [0.05, 0.1) is 12.2 Å². The maximum Gasteiger partial charge on any atom is 0.238 e. The summed E-state index contributed by atoms with van der Waals surface area (Å²) in [5.74, 6) is -0.948. The summed E-state index contributed by atoms with van der Waals surface area (Å²) in [7, 11) is 0. The van der Waals surface area contributed by atoms with Crippen LogP contribution >= 0.6 is 0 Å². The molecule has 0 atom stereocenters. The molecule has 1 aliphatic carbocycles. The number of rotatable bonds is 6. The Hall–Kier alpha value is -2.27. The number of carbonyl (C=O) groups is 1. The summed E-state index contributed by atoms with van der Waals surface area (Å²) in [5, 5.41) is 2.63. The molecular weight excluding hydrogens is 310 g/mol. The summed E-state index contributed by atoms with van der Waals surface area (Å²) >= 11 is 0. The molecule has 1 saturated carbocycles. The Balaban J connectivity index is 1.62. The van der Waals surface area contributed by atoms with Gasteiger partial charge in [-0.3, -0.25) is 9.69 Å². The van der Waals surface area contributed by atoms with Gasteiger partial charge in [-0.25, -0.2) is 8.78 Å². The highest BCUT2D eigenvalue weighted by atomic mass is 19.1. The minimum Gasteiger partial charge on any atom is -0.322 e. The highest BCUT2D eigenvalue weighted by Gasteiger charge is 2.30. The SMILES string of the molecule is Cc1ccc(NC(=O)CN(Cc2ccc(F)cc2)C2CC2)c(F)c1. The van der Waals surface area contributed by atoms with Gasteiger partial charge in [-0.1, -0.05) is 18.2 Å². The molecule has 0 heterocycles. The van der Waals surface area contributed by atoms with Gasteiger partial charge in [-0.15, -0.1) is 0 Å². The van der Waals surface area contributed by atoms with Crippen LogP contribution in [0, 0.1) is 18.6 Å². The Labute approximate surface area is 140 Å². The van der Waals surface area contributed by atoms with Crippen molar-refractivity contribution in [1.82, 2.24) is 4.90 Å². The lowest BCUT2D eigenvalue weighted by atomic mass is 10.2. The monoisotopic (exact) mass is 330 g/mol. The van der Waals surface area contributed by atoms with Crippen molar-refractivity contribution >= 4 is 11.6 Å². The zero-order chi connectivity index (χ0) is 17.1. The number of benzene rings is 2. The number of hydrogen-bond donors (Lipinski definition) is 1. The van der Waals surface area contributed by atoms with Crippen LogP contribution in [-0.4, -0.2) is 23.4 Å². The number of hydrogen-bond acceptors (Lipinski definition) is 2. The van der Waals surface area contributed by atoms with E-state index in [0.29, 0.717) is 12.6 Å². The third-order valence-electron chi connectivity index (χ3n) is 4.11. The molecule has 3 rings (SSSR count). The maximum atomic E-state index is 13.8. The molecule has 1 amide bonds. The molecule has 3 nitrogen and oxygen atoms in total. The lowest BCUT2D eigenvalue weighted by Gasteiger charge is -2.21. The van der Waals surface area contributed by atoms with Crippen molar-refractivity contribution in [2.24, 2.45) is 0 Å². The second-order valence-corrected chi connectivity index (χ2v) is 6.29. The maximum absolute atomic E-state index is 13.8. The molecule has 0 radical (unpaired) electrons. The topological polar surface area (TPSA) is 32.3 Å². The average Bonchev–Trinajstić information content (AvgIpc) is 3.36. The molecule has 2 aromatic carbocycles. The first-order chi connectivity index (χ1) is 11.5. The first-order valence-electron chi connectivity index (χ1n) is 8.06.